The van der Waals surface area contributed by atoms with E-state index in [1.54, 1.807) is 0 Å². The summed E-state index contributed by atoms with van der Waals surface area (Å²) in [7, 11) is 3.75. The van der Waals surface area contributed by atoms with Gasteiger partial charge in [-0.25, -0.2) is 0 Å². The largest absolute Gasteiger partial charge is 0.323 e. The van der Waals surface area contributed by atoms with Gasteiger partial charge in [0.25, 0.3) is 0 Å². The number of Topliss-reactive ketones (excluding diaryl/α,β-unsaturated/α-hetero) is 1. The standard InChI is InChI=1S/C8H10OS.C2H7N/c1-6(2)8(9)7-4-3-5-10-7;1-3-2/h3-6H,1-2H3;3H,1-2H3. The van der Waals surface area contributed by atoms with Crippen LogP contribution in [0, 0.1) is 5.92 Å². The van der Waals surface area contributed by atoms with E-state index >= 15 is 0 Å². The summed E-state index contributed by atoms with van der Waals surface area (Å²) < 4.78 is 0. The summed E-state index contributed by atoms with van der Waals surface area (Å²) in [5.41, 5.74) is 0. The molecule has 0 amide bonds. The Morgan fingerprint density at radius 2 is 2.00 bits per heavy atom. The average molecular weight is 199 g/mol. The van der Waals surface area contributed by atoms with Gasteiger partial charge in [-0.15, -0.1) is 11.3 Å². The second kappa shape index (κ2) is 6.80. The van der Waals surface area contributed by atoms with Crippen molar-refractivity contribution < 1.29 is 4.79 Å². The molecule has 0 aliphatic rings. The zero-order valence-electron chi connectivity index (χ0n) is 8.63. The van der Waals surface area contributed by atoms with Gasteiger partial charge in [0.1, 0.15) is 0 Å². The second-order valence-electron chi connectivity index (χ2n) is 3.00. The molecule has 74 valence electrons. The zero-order chi connectivity index (χ0) is 10.3. The number of ketones is 1. The fourth-order valence-electron chi connectivity index (χ4n) is 0.703. The van der Waals surface area contributed by atoms with Crippen LogP contribution in [0.15, 0.2) is 17.5 Å². The summed E-state index contributed by atoms with van der Waals surface area (Å²) >= 11 is 1.51. The number of rotatable bonds is 2. The Bertz CT molecular complexity index is 229. The lowest BCUT2D eigenvalue weighted by Crippen LogP contribution is -2.04. The van der Waals surface area contributed by atoms with Gasteiger partial charge in [0.2, 0.25) is 0 Å². The molecule has 1 aromatic heterocycles. The Morgan fingerprint density at radius 3 is 2.31 bits per heavy atom. The van der Waals surface area contributed by atoms with Crippen molar-refractivity contribution in [3.63, 3.8) is 0 Å². The number of hydrogen-bond acceptors (Lipinski definition) is 3. The second-order valence-corrected chi connectivity index (χ2v) is 3.94. The van der Waals surface area contributed by atoms with Gasteiger partial charge in [-0.3, -0.25) is 4.79 Å². The third-order valence-corrected chi connectivity index (χ3v) is 2.17. The maximum atomic E-state index is 11.2. The highest BCUT2D eigenvalue weighted by molar-refractivity contribution is 7.12. The Kier molecular flexibility index (Phi) is 6.45. The average Bonchev–Trinajstić information content (AvgIpc) is 2.56. The van der Waals surface area contributed by atoms with Crippen molar-refractivity contribution >= 4 is 17.1 Å². The van der Waals surface area contributed by atoms with E-state index in [4.69, 9.17) is 0 Å². The van der Waals surface area contributed by atoms with Crippen molar-refractivity contribution in [3.05, 3.63) is 22.4 Å². The van der Waals surface area contributed by atoms with E-state index in [1.165, 1.54) is 11.3 Å². The van der Waals surface area contributed by atoms with E-state index in [0.717, 1.165) is 4.88 Å². The highest BCUT2D eigenvalue weighted by atomic mass is 32.1. The van der Waals surface area contributed by atoms with Crippen LogP contribution in [0.1, 0.15) is 23.5 Å². The quantitative estimate of drug-likeness (QED) is 0.741. The number of thiophene rings is 1. The summed E-state index contributed by atoms with van der Waals surface area (Å²) in [6, 6.07) is 3.77. The number of nitrogens with one attached hydrogen (secondary N) is 1. The first kappa shape index (κ1) is 12.3. The van der Waals surface area contributed by atoms with E-state index in [1.807, 2.05) is 45.5 Å². The van der Waals surface area contributed by atoms with Crippen LogP contribution >= 0.6 is 11.3 Å². The molecule has 2 nitrogen and oxygen atoms in total. The molecular weight excluding hydrogens is 182 g/mol. The van der Waals surface area contributed by atoms with Gasteiger partial charge >= 0.3 is 0 Å². The zero-order valence-corrected chi connectivity index (χ0v) is 9.44. The van der Waals surface area contributed by atoms with Crippen LogP contribution in [0.4, 0.5) is 0 Å². The molecule has 0 bridgehead atoms. The van der Waals surface area contributed by atoms with Gasteiger partial charge < -0.3 is 5.32 Å². The fourth-order valence-corrected chi connectivity index (χ4v) is 1.52. The molecule has 0 aliphatic carbocycles. The van der Waals surface area contributed by atoms with Gasteiger partial charge in [-0.1, -0.05) is 19.9 Å². The van der Waals surface area contributed by atoms with Crippen molar-refractivity contribution in [2.75, 3.05) is 14.1 Å². The fraction of sp³-hybridized carbons (Fsp3) is 0.500. The molecule has 0 aliphatic heterocycles. The predicted molar refractivity (Wildman–Crippen MR) is 58.5 cm³/mol. The van der Waals surface area contributed by atoms with Crippen molar-refractivity contribution in [2.45, 2.75) is 13.8 Å². The molecular formula is C10H17NOS. The van der Waals surface area contributed by atoms with E-state index < -0.39 is 0 Å². The van der Waals surface area contributed by atoms with Gasteiger partial charge in [0.05, 0.1) is 4.88 Å². The van der Waals surface area contributed by atoms with Crippen molar-refractivity contribution in [3.8, 4) is 0 Å². The van der Waals surface area contributed by atoms with E-state index in [-0.39, 0.29) is 11.7 Å². The smallest absolute Gasteiger partial charge is 0.175 e. The number of carbonyl (C=O) groups excluding carboxylic acids is 1. The number of carbonyl (C=O) groups is 1. The van der Waals surface area contributed by atoms with E-state index in [9.17, 15) is 4.79 Å². The van der Waals surface area contributed by atoms with Crippen molar-refractivity contribution in [1.29, 1.82) is 0 Å². The van der Waals surface area contributed by atoms with Crippen LogP contribution in [0.3, 0.4) is 0 Å². The third kappa shape index (κ3) is 4.80. The minimum absolute atomic E-state index is 0.124. The van der Waals surface area contributed by atoms with Crippen LogP contribution in [0.25, 0.3) is 0 Å². The summed E-state index contributed by atoms with van der Waals surface area (Å²) in [5, 5.41) is 4.68. The lowest BCUT2D eigenvalue weighted by atomic mass is 10.1. The third-order valence-electron chi connectivity index (χ3n) is 1.29. The monoisotopic (exact) mass is 199 g/mol. The molecule has 1 N–H and O–H groups in total. The van der Waals surface area contributed by atoms with Crippen LogP contribution in [-0.2, 0) is 0 Å². The molecule has 0 saturated heterocycles. The summed E-state index contributed by atoms with van der Waals surface area (Å²) in [6.07, 6.45) is 0. The Balaban J connectivity index is 0.000000424. The number of hydrogen-bond donors (Lipinski definition) is 1. The van der Waals surface area contributed by atoms with Crippen LogP contribution in [-0.4, -0.2) is 19.9 Å². The van der Waals surface area contributed by atoms with Crippen LogP contribution in [0.2, 0.25) is 0 Å². The van der Waals surface area contributed by atoms with Crippen molar-refractivity contribution in [2.24, 2.45) is 5.92 Å². The Labute approximate surface area is 84.0 Å². The molecule has 0 radical (unpaired) electrons. The van der Waals surface area contributed by atoms with Crippen molar-refractivity contribution in [1.82, 2.24) is 5.32 Å². The summed E-state index contributed by atoms with van der Waals surface area (Å²) in [5.74, 6) is 0.369. The molecule has 0 unspecified atom stereocenters. The highest BCUT2D eigenvalue weighted by Gasteiger charge is 2.09. The molecule has 0 aromatic carbocycles. The first-order valence-corrected chi connectivity index (χ1v) is 5.17. The SMILES string of the molecule is CC(C)C(=O)c1cccs1.CNC. The summed E-state index contributed by atoms with van der Waals surface area (Å²) in [6.45, 7) is 3.84. The maximum Gasteiger partial charge on any atom is 0.175 e. The molecule has 0 atom stereocenters. The Hall–Kier alpha value is -0.670. The predicted octanol–water partition coefficient (Wildman–Crippen LogP) is 2.42. The normalized spacial score (nSPS) is 9.31. The molecule has 0 fully saturated rings. The van der Waals surface area contributed by atoms with Gasteiger partial charge in [-0.05, 0) is 25.5 Å². The first-order chi connectivity index (χ1) is 6.13. The molecule has 0 spiro atoms. The molecule has 3 heteroatoms. The highest BCUT2D eigenvalue weighted by Crippen LogP contribution is 2.13. The minimum Gasteiger partial charge on any atom is -0.323 e. The maximum absolute atomic E-state index is 11.2. The molecule has 0 saturated carbocycles. The lowest BCUT2D eigenvalue weighted by molar-refractivity contribution is 0.0943. The molecule has 1 aromatic rings. The van der Waals surface area contributed by atoms with Crippen LogP contribution < -0.4 is 5.32 Å². The molecule has 13 heavy (non-hydrogen) atoms. The minimum atomic E-state index is 0.124. The van der Waals surface area contributed by atoms with Gasteiger partial charge in [-0.2, -0.15) is 0 Å². The lowest BCUT2D eigenvalue weighted by Gasteiger charge is -1.98. The molecule has 1 heterocycles. The topological polar surface area (TPSA) is 29.1 Å². The van der Waals surface area contributed by atoms with E-state index in [2.05, 4.69) is 5.32 Å². The molecule has 1 rings (SSSR count). The Morgan fingerprint density at radius 1 is 1.46 bits per heavy atom. The van der Waals surface area contributed by atoms with E-state index in [0.29, 0.717) is 0 Å². The van der Waals surface area contributed by atoms with Gasteiger partial charge in [0, 0.05) is 5.92 Å². The first-order valence-electron chi connectivity index (χ1n) is 4.29. The summed E-state index contributed by atoms with van der Waals surface area (Å²) in [4.78, 5) is 12.1. The van der Waals surface area contributed by atoms with Crippen LogP contribution in [0.5, 0.6) is 0 Å². The van der Waals surface area contributed by atoms with Gasteiger partial charge in [0.15, 0.2) is 5.78 Å².